The van der Waals surface area contributed by atoms with E-state index in [9.17, 15) is 14.9 Å². The van der Waals surface area contributed by atoms with Gasteiger partial charge < -0.3 is 10.0 Å². The Morgan fingerprint density at radius 2 is 2.16 bits per heavy atom. The second kappa shape index (κ2) is 7.20. The molecule has 0 atom stereocenters. The smallest absolute Gasteiger partial charge is 0.284 e. The summed E-state index contributed by atoms with van der Waals surface area (Å²) in [5.41, 5.74) is 0.100. The van der Waals surface area contributed by atoms with E-state index < -0.39 is 4.92 Å². The van der Waals surface area contributed by atoms with E-state index in [1.165, 1.54) is 23.1 Å². The third-order valence-corrected chi connectivity index (χ3v) is 3.21. The Kier molecular flexibility index (Phi) is 5.91. The number of nitro benzene ring substituents is 1. The number of halogens is 1. The number of rotatable bonds is 6. The van der Waals surface area contributed by atoms with Crippen molar-refractivity contribution >= 4 is 27.5 Å². The molecule has 0 fully saturated rings. The number of aliphatic hydroxyl groups excluding tert-OH is 1. The molecule has 0 aliphatic carbocycles. The van der Waals surface area contributed by atoms with Gasteiger partial charge >= 0.3 is 0 Å². The summed E-state index contributed by atoms with van der Waals surface area (Å²) < 4.78 is 0.332. The second-order valence-electron chi connectivity index (χ2n) is 3.94. The Morgan fingerprint density at radius 1 is 1.47 bits per heavy atom. The average molecular weight is 331 g/mol. The van der Waals surface area contributed by atoms with Gasteiger partial charge in [0, 0.05) is 24.7 Å². The minimum absolute atomic E-state index is 0.135. The lowest BCUT2D eigenvalue weighted by Crippen LogP contribution is -2.34. The Hall–Kier alpha value is -1.47. The Bertz CT molecular complexity index is 473. The molecule has 0 aromatic heterocycles. The van der Waals surface area contributed by atoms with Crippen LogP contribution in [0.5, 0.6) is 0 Å². The third kappa shape index (κ3) is 4.00. The predicted molar refractivity (Wildman–Crippen MR) is 74.1 cm³/mol. The number of carbonyl (C=O) groups is 1. The summed E-state index contributed by atoms with van der Waals surface area (Å²) in [5, 5.41) is 19.8. The van der Waals surface area contributed by atoms with Crippen molar-refractivity contribution in [3.05, 3.63) is 38.3 Å². The minimum atomic E-state index is -0.545. The molecule has 0 unspecified atom stereocenters. The van der Waals surface area contributed by atoms with Crippen molar-refractivity contribution in [3.63, 3.8) is 0 Å². The van der Waals surface area contributed by atoms with E-state index in [1.54, 1.807) is 0 Å². The first-order chi connectivity index (χ1) is 9.01. The van der Waals surface area contributed by atoms with Crippen molar-refractivity contribution in [2.45, 2.75) is 13.3 Å². The fourth-order valence-corrected chi connectivity index (χ4v) is 2.07. The molecule has 1 amide bonds. The highest BCUT2D eigenvalue weighted by molar-refractivity contribution is 9.10. The predicted octanol–water partition coefficient (Wildman–Crippen LogP) is 2.20. The number of amides is 1. The first-order valence-electron chi connectivity index (χ1n) is 5.85. The summed E-state index contributed by atoms with van der Waals surface area (Å²) in [6.45, 7) is 2.51. The van der Waals surface area contributed by atoms with Gasteiger partial charge in [-0.15, -0.1) is 0 Å². The minimum Gasteiger partial charge on any atom is -0.395 e. The molecule has 19 heavy (non-hydrogen) atoms. The molecule has 0 spiro atoms. The molecule has 104 valence electrons. The van der Waals surface area contributed by atoms with Crippen molar-refractivity contribution in [1.29, 1.82) is 0 Å². The van der Waals surface area contributed by atoms with Gasteiger partial charge in [0.15, 0.2) is 0 Å². The van der Waals surface area contributed by atoms with Crippen LogP contribution in [-0.2, 0) is 0 Å². The molecule has 0 saturated carbocycles. The molecule has 7 heteroatoms. The molecule has 1 N–H and O–H groups in total. The summed E-state index contributed by atoms with van der Waals surface area (Å²) in [4.78, 5) is 24.0. The summed E-state index contributed by atoms with van der Waals surface area (Å²) in [5.74, 6) is -0.313. The highest BCUT2D eigenvalue weighted by atomic mass is 79.9. The van der Waals surface area contributed by atoms with Gasteiger partial charge in [-0.1, -0.05) is 6.92 Å². The number of nitrogens with zero attached hydrogens (tertiary/aromatic N) is 2. The number of carbonyl (C=O) groups excluding carboxylic acids is 1. The summed E-state index contributed by atoms with van der Waals surface area (Å²) in [6, 6.07) is 4.25. The fraction of sp³-hybridized carbons (Fsp3) is 0.417. The van der Waals surface area contributed by atoms with E-state index in [0.717, 1.165) is 6.42 Å². The number of aliphatic hydroxyl groups is 1. The van der Waals surface area contributed by atoms with Crippen LogP contribution in [-0.4, -0.2) is 40.5 Å². The van der Waals surface area contributed by atoms with E-state index in [0.29, 0.717) is 11.0 Å². The van der Waals surface area contributed by atoms with Crippen molar-refractivity contribution < 1.29 is 14.8 Å². The van der Waals surface area contributed by atoms with Gasteiger partial charge in [-0.05, 0) is 34.5 Å². The number of hydrogen-bond donors (Lipinski definition) is 1. The Labute approximate surface area is 119 Å². The highest BCUT2D eigenvalue weighted by Crippen LogP contribution is 2.26. The van der Waals surface area contributed by atoms with Crippen LogP contribution in [0.1, 0.15) is 23.7 Å². The van der Waals surface area contributed by atoms with Crippen molar-refractivity contribution in [3.8, 4) is 0 Å². The standard InChI is InChI=1S/C12H15BrN2O4/c1-2-5-14(6-7-16)12(17)9-3-4-10(13)11(8-9)15(18)19/h3-4,8,16H,2,5-7H2,1H3. The molecule has 0 aliphatic heterocycles. The zero-order valence-corrected chi connectivity index (χ0v) is 12.1. The highest BCUT2D eigenvalue weighted by Gasteiger charge is 2.19. The lowest BCUT2D eigenvalue weighted by Gasteiger charge is -2.21. The van der Waals surface area contributed by atoms with Gasteiger partial charge in [0.2, 0.25) is 0 Å². The average Bonchev–Trinajstić information content (AvgIpc) is 2.38. The molecule has 0 heterocycles. The quantitative estimate of drug-likeness (QED) is 0.640. The van der Waals surface area contributed by atoms with Crippen molar-refractivity contribution in [1.82, 2.24) is 4.90 Å². The maximum Gasteiger partial charge on any atom is 0.284 e. The van der Waals surface area contributed by atoms with Crippen LogP contribution in [0, 0.1) is 10.1 Å². The molecular formula is C12H15BrN2O4. The molecule has 0 aliphatic rings. The maximum atomic E-state index is 12.2. The van der Waals surface area contributed by atoms with Gasteiger partial charge in [0.25, 0.3) is 11.6 Å². The van der Waals surface area contributed by atoms with Gasteiger partial charge in [0.1, 0.15) is 0 Å². The van der Waals surface area contributed by atoms with Gasteiger partial charge in [-0.3, -0.25) is 14.9 Å². The van der Waals surface area contributed by atoms with E-state index >= 15 is 0 Å². The maximum absolute atomic E-state index is 12.2. The van der Waals surface area contributed by atoms with Crippen LogP contribution in [0.15, 0.2) is 22.7 Å². The Balaban J connectivity index is 3.04. The topological polar surface area (TPSA) is 83.7 Å². The van der Waals surface area contributed by atoms with Gasteiger partial charge in [-0.2, -0.15) is 0 Å². The molecule has 1 aromatic rings. The summed E-state index contributed by atoms with van der Waals surface area (Å²) in [7, 11) is 0. The molecule has 1 rings (SSSR count). The lowest BCUT2D eigenvalue weighted by atomic mass is 10.1. The second-order valence-corrected chi connectivity index (χ2v) is 4.79. The van der Waals surface area contributed by atoms with Crippen LogP contribution >= 0.6 is 15.9 Å². The summed E-state index contributed by atoms with van der Waals surface area (Å²) in [6.07, 6.45) is 0.754. The van der Waals surface area contributed by atoms with E-state index in [4.69, 9.17) is 5.11 Å². The van der Waals surface area contributed by atoms with Crippen molar-refractivity contribution in [2.24, 2.45) is 0 Å². The zero-order valence-electron chi connectivity index (χ0n) is 10.5. The largest absolute Gasteiger partial charge is 0.395 e. The van der Waals surface area contributed by atoms with Crippen LogP contribution in [0.2, 0.25) is 0 Å². The Morgan fingerprint density at radius 3 is 2.68 bits per heavy atom. The molecule has 0 radical (unpaired) electrons. The van der Waals surface area contributed by atoms with Crippen LogP contribution in [0.4, 0.5) is 5.69 Å². The fourth-order valence-electron chi connectivity index (χ4n) is 1.67. The van der Waals surface area contributed by atoms with E-state index in [-0.39, 0.29) is 30.3 Å². The number of hydrogen-bond acceptors (Lipinski definition) is 4. The van der Waals surface area contributed by atoms with Crippen molar-refractivity contribution in [2.75, 3.05) is 19.7 Å². The number of benzene rings is 1. The molecule has 6 nitrogen and oxygen atoms in total. The monoisotopic (exact) mass is 330 g/mol. The molecular weight excluding hydrogens is 316 g/mol. The normalized spacial score (nSPS) is 10.3. The van der Waals surface area contributed by atoms with E-state index in [2.05, 4.69) is 15.9 Å². The number of nitro groups is 1. The zero-order chi connectivity index (χ0) is 14.4. The SMILES string of the molecule is CCCN(CCO)C(=O)c1ccc(Br)c([N+](=O)[O-])c1. The van der Waals surface area contributed by atoms with Crippen LogP contribution in [0.25, 0.3) is 0 Å². The molecule has 0 bridgehead atoms. The third-order valence-electron chi connectivity index (χ3n) is 2.54. The van der Waals surface area contributed by atoms with Gasteiger partial charge in [0.05, 0.1) is 16.0 Å². The lowest BCUT2D eigenvalue weighted by molar-refractivity contribution is -0.385. The first-order valence-corrected chi connectivity index (χ1v) is 6.64. The van der Waals surface area contributed by atoms with Gasteiger partial charge in [-0.25, -0.2) is 0 Å². The molecule has 1 aromatic carbocycles. The van der Waals surface area contributed by atoms with Crippen LogP contribution < -0.4 is 0 Å². The van der Waals surface area contributed by atoms with E-state index in [1.807, 2.05) is 6.92 Å². The van der Waals surface area contributed by atoms with Crippen LogP contribution in [0.3, 0.4) is 0 Å². The molecule has 0 saturated heterocycles. The first kappa shape index (κ1) is 15.6. The summed E-state index contributed by atoms with van der Waals surface area (Å²) >= 11 is 3.07.